The fourth-order valence-electron chi connectivity index (χ4n) is 4.12. The predicted octanol–water partition coefficient (Wildman–Crippen LogP) is 4.66. The lowest BCUT2D eigenvalue weighted by atomic mass is 10.0. The highest BCUT2D eigenvalue weighted by Gasteiger charge is 2.19. The van der Waals surface area contributed by atoms with Crippen LogP contribution in [0.1, 0.15) is 50.6 Å². The molecule has 0 unspecified atom stereocenters. The first-order valence-electron chi connectivity index (χ1n) is 10.9. The lowest BCUT2D eigenvalue weighted by molar-refractivity contribution is 0.0696. The molecule has 7 nitrogen and oxygen atoms in total. The number of carbonyl (C=O) groups excluding carboxylic acids is 1. The molecule has 5 rings (SSSR count). The van der Waals surface area contributed by atoms with Crippen LogP contribution in [0.2, 0.25) is 0 Å². The topological polar surface area (TPSA) is 96.6 Å². The Bertz CT molecular complexity index is 1520. The van der Waals surface area contributed by atoms with Crippen LogP contribution in [0.4, 0.5) is 0 Å². The smallest absolute Gasteiger partial charge is 0.335 e. The van der Waals surface area contributed by atoms with Crippen molar-refractivity contribution in [1.29, 1.82) is 0 Å². The van der Waals surface area contributed by atoms with E-state index in [0.717, 1.165) is 33.1 Å². The Hall–Kier alpha value is -4.52. The van der Waals surface area contributed by atoms with Gasteiger partial charge in [-0.3, -0.25) is 9.78 Å². The Labute approximate surface area is 195 Å². The number of carboxylic acid groups (broad SMARTS) is 1. The summed E-state index contributed by atoms with van der Waals surface area (Å²) in [7, 11) is 0. The Morgan fingerprint density at radius 3 is 2.53 bits per heavy atom. The monoisotopic (exact) mass is 450 g/mol. The van der Waals surface area contributed by atoms with Crippen LogP contribution in [-0.2, 0) is 6.42 Å². The maximum absolute atomic E-state index is 13.2. The first-order valence-corrected chi connectivity index (χ1v) is 10.9. The number of amides is 1. The van der Waals surface area contributed by atoms with E-state index in [1.54, 1.807) is 18.5 Å². The second-order valence-electron chi connectivity index (χ2n) is 8.20. The normalized spacial score (nSPS) is 12.0. The zero-order valence-electron chi connectivity index (χ0n) is 18.5. The highest BCUT2D eigenvalue weighted by atomic mass is 16.4. The van der Waals surface area contributed by atoms with Crippen molar-refractivity contribution in [3.8, 4) is 0 Å². The largest absolute Gasteiger partial charge is 0.478 e. The lowest BCUT2D eigenvalue weighted by Gasteiger charge is -2.14. The molecule has 5 aromatic rings. The van der Waals surface area contributed by atoms with Crippen LogP contribution < -0.4 is 5.32 Å². The van der Waals surface area contributed by atoms with Crippen LogP contribution in [0, 0.1) is 0 Å². The summed E-state index contributed by atoms with van der Waals surface area (Å²) >= 11 is 0. The first-order chi connectivity index (χ1) is 16.5. The van der Waals surface area contributed by atoms with Gasteiger partial charge in [0.15, 0.2) is 5.69 Å². The third-order valence-corrected chi connectivity index (χ3v) is 5.92. The molecule has 0 radical (unpaired) electrons. The maximum Gasteiger partial charge on any atom is 0.335 e. The van der Waals surface area contributed by atoms with Crippen LogP contribution in [0.25, 0.3) is 16.3 Å². The third kappa shape index (κ3) is 4.11. The molecular weight excluding hydrogens is 428 g/mol. The predicted molar refractivity (Wildman–Crippen MR) is 129 cm³/mol. The number of imidazole rings is 1. The molecule has 0 fully saturated rings. The zero-order valence-corrected chi connectivity index (χ0v) is 18.5. The molecule has 34 heavy (non-hydrogen) atoms. The standard InChI is InChI=1S/C27H22N4O3/c1-17(18-8-10-19(11-9-18)27(33)34)30-26(32)24-25-21(7-4-12-31(25)16-29-24)14-23-13-20-5-2-3-6-22(20)15-28-23/h2-13,15-17H,14H2,1H3,(H,30,32)(H,33,34)/t17-/m0/s1. The van der Waals surface area contributed by atoms with Crippen molar-refractivity contribution < 1.29 is 14.7 Å². The highest BCUT2D eigenvalue weighted by molar-refractivity contribution is 6.00. The molecule has 0 spiro atoms. The van der Waals surface area contributed by atoms with Gasteiger partial charge in [-0.25, -0.2) is 9.78 Å². The molecule has 7 heteroatoms. The van der Waals surface area contributed by atoms with Gasteiger partial charge in [-0.2, -0.15) is 0 Å². The van der Waals surface area contributed by atoms with Gasteiger partial charge in [-0.05, 0) is 47.7 Å². The minimum atomic E-state index is -0.985. The summed E-state index contributed by atoms with van der Waals surface area (Å²) in [4.78, 5) is 33.2. The summed E-state index contributed by atoms with van der Waals surface area (Å²) in [6.45, 7) is 1.85. The Kier molecular flexibility index (Phi) is 5.51. The second kappa shape index (κ2) is 8.78. The number of fused-ring (bicyclic) bond motifs is 2. The molecule has 3 heterocycles. The number of carboxylic acids is 1. The van der Waals surface area contributed by atoms with Gasteiger partial charge >= 0.3 is 5.97 Å². The fraction of sp³-hybridized carbons (Fsp3) is 0.111. The van der Waals surface area contributed by atoms with E-state index in [1.165, 1.54) is 12.1 Å². The molecule has 2 N–H and O–H groups in total. The molecule has 0 aliphatic heterocycles. The van der Waals surface area contributed by atoms with Crippen molar-refractivity contribution >= 4 is 28.2 Å². The summed E-state index contributed by atoms with van der Waals surface area (Å²) in [5, 5.41) is 14.3. The van der Waals surface area contributed by atoms with Crippen molar-refractivity contribution in [2.75, 3.05) is 0 Å². The Balaban J connectivity index is 1.42. The molecular formula is C27H22N4O3. The summed E-state index contributed by atoms with van der Waals surface area (Å²) in [5.41, 5.74) is 3.95. The molecule has 0 aliphatic rings. The summed E-state index contributed by atoms with van der Waals surface area (Å²) < 4.78 is 1.84. The van der Waals surface area contributed by atoms with Gasteiger partial charge in [-0.15, -0.1) is 0 Å². The minimum absolute atomic E-state index is 0.203. The van der Waals surface area contributed by atoms with Crippen LogP contribution in [-0.4, -0.2) is 31.4 Å². The maximum atomic E-state index is 13.2. The number of benzene rings is 2. The average Bonchev–Trinajstić information content (AvgIpc) is 3.29. The summed E-state index contributed by atoms with van der Waals surface area (Å²) in [5.74, 6) is -1.28. The van der Waals surface area contributed by atoms with Gasteiger partial charge in [0.25, 0.3) is 5.91 Å². The zero-order chi connectivity index (χ0) is 23.7. The van der Waals surface area contributed by atoms with E-state index in [1.807, 2.05) is 54.0 Å². The Morgan fingerprint density at radius 1 is 1.00 bits per heavy atom. The van der Waals surface area contributed by atoms with Crippen molar-refractivity contribution in [2.24, 2.45) is 0 Å². The van der Waals surface area contributed by atoms with Crippen molar-refractivity contribution in [3.05, 3.63) is 114 Å². The molecule has 168 valence electrons. The van der Waals surface area contributed by atoms with E-state index in [2.05, 4.69) is 27.4 Å². The first kappa shape index (κ1) is 21.3. The molecule has 0 saturated carbocycles. The van der Waals surface area contributed by atoms with Gasteiger partial charge < -0.3 is 14.8 Å². The molecule has 3 aromatic heterocycles. The lowest BCUT2D eigenvalue weighted by Crippen LogP contribution is -2.27. The van der Waals surface area contributed by atoms with E-state index in [9.17, 15) is 9.59 Å². The van der Waals surface area contributed by atoms with Gasteiger partial charge in [0.1, 0.15) is 6.33 Å². The molecule has 0 aliphatic carbocycles. The number of nitrogens with one attached hydrogen (secondary N) is 1. The van der Waals surface area contributed by atoms with Gasteiger partial charge in [0, 0.05) is 29.9 Å². The van der Waals surface area contributed by atoms with E-state index >= 15 is 0 Å². The number of pyridine rings is 2. The van der Waals surface area contributed by atoms with E-state index in [4.69, 9.17) is 5.11 Å². The number of aromatic carboxylic acids is 1. The summed E-state index contributed by atoms with van der Waals surface area (Å²) in [6, 6.07) is 20.2. The van der Waals surface area contributed by atoms with Crippen LogP contribution in [0.3, 0.4) is 0 Å². The molecule has 1 atom stereocenters. The van der Waals surface area contributed by atoms with Crippen LogP contribution in [0.15, 0.2) is 85.5 Å². The van der Waals surface area contributed by atoms with Crippen molar-refractivity contribution in [2.45, 2.75) is 19.4 Å². The van der Waals surface area contributed by atoms with Crippen LogP contribution in [0.5, 0.6) is 0 Å². The second-order valence-corrected chi connectivity index (χ2v) is 8.20. The molecule has 0 bridgehead atoms. The number of nitrogens with zero attached hydrogens (tertiary/aromatic N) is 3. The SMILES string of the molecule is C[C@H](NC(=O)c1ncn2cccc(Cc3cc4ccccc4cn3)c12)c1ccc(C(=O)O)cc1. The number of carbonyl (C=O) groups is 2. The summed E-state index contributed by atoms with van der Waals surface area (Å²) in [6.07, 6.45) is 5.93. The third-order valence-electron chi connectivity index (χ3n) is 5.92. The molecule has 2 aromatic carbocycles. The van der Waals surface area contributed by atoms with Gasteiger partial charge in [-0.1, -0.05) is 42.5 Å². The minimum Gasteiger partial charge on any atom is -0.478 e. The quantitative estimate of drug-likeness (QED) is 0.392. The fourth-order valence-corrected chi connectivity index (χ4v) is 4.12. The van der Waals surface area contributed by atoms with Crippen molar-refractivity contribution in [1.82, 2.24) is 19.7 Å². The van der Waals surface area contributed by atoms with Crippen molar-refractivity contribution in [3.63, 3.8) is 0 Å². The van der Waals surface area contributed by atoms with Gasteiger partial charge in [0.05, 0.1) is 17.1 Å². The number of hydrogen-bond acceptors (Lipinski definition) is 4. The highest BCUT2D eigenvalue weighted by Crippen LogP contribution is 2.22. The van der Waals surface area contributed by atoms with Gasteiger partial charge in [0.2, 0.25) is 0 Å². The van der Waals surface area contributed by atoms with E-state index in [-0.39, 0.29) is 17.5 Å². The van der Waals surface area contributed by atoms with E-state index < -0.39 is 5.97 Å². The number of rotatable bonds is 6. The van der Waals surface area contributed by atoms with Crippen LogP contribution >= 0.6 is 0 Å². The number of hydrogen-bond donors (Lipinski definition) is 2. The molecule has 1 amide bonds. The average molecular weight is 450 g/mol. The van der Waals surface area contributed by atoms with E-state index in [0.29, 0.717) is 12.1 Å². The Morgan fingerprint density at radius 2 is 1.76 bits per heavy atom. The molecule has 0 saturated heterocycles. The number of aromatic nitrogens is 3.